The van der Waals surface area contributed by atoms with Crippen LogP contribution in [-0.4, -0.2) is 23.0 Å². The molecule has 0 saturated heterocycles. The molecule has 0 radical (unpaired) electrons. The van der Waals surface area contributed by atoms with Crippen LogP contribution < -0.4 is 16.0 Å². The lowest BCUT2D eigenvalue weighted by Gasteiger charge is -2.17. The molecule has 4 rings (SSSR count). The standard InChI is InChI=1S/C33H30ClN3O3S/c1-3-30(33(40)36-28-18-8-7-11-22(28)2)41-27-17-10-16-26(21-27)35-32(39)29(20-23-12-9-15-25(34)19-23)37-31(38)24-13-5-4-6-14-24/h4-21,30H,3H2,1-2H3,(H,35,39)(H,36,40)(H,37,38)/b29-20-. The number of carbonyl (C=O) groups is 3. The molecule has 1 atom stereocenters. The Morgan fingerprint density at radius 2 is 1.59 bits per heavy atom. The van der Waals surface area contributed by atoms with Crippen molar-refractivity contribution in [2.24, 2.45) is 0 Å². The SMILES string of the molecule is CCC(Sc1cccc(NC(=O)/C(=C/c2cccc(Cl)c2)NC(=O)c2ccccc2)c1)C(=O)Nc1ccccc1C. The van der Waals surface area contributed by atoms with Crippen molar-refractivity contribution in [1.29, 1.82) is 0 Å². The van der Waals surface area contributed by atoms with E-state index < -0.39 is 11.8 Å². The van der Waals surface area contributed by atoms with Crippen LogP contribution in [0.3, 0.4) is 0 Å². The van der Waals surface area contributed by atoms with E-state index in [9.17, 15) is 14.4 Å². The third kappa shape index (κ3) is 8.58. The number of nitrogens with one attached hydrogen (secondary N) is 3. The molecule has 8 heteroatoms. The fourth-order valence-corrected chi connectivity index (χ4v) is 5.18. The Morgan fingerprint density at radius 3 is 2.32 bits per heavy atom. The fraction of sp³-hybridized carbons (Fsp3) is 0.121. The summed E-state index contributed by atoms with van der Waals surface area (Å²) in [5.41, 5.74) is 3.44. The van der Waals surface area contributed by atoms with Crippen molar-refractivity contribution in [3.05, 3.63) is 131 Å². The summed E-state index contributed by atoms with van der Waals surface area (Å²) in [6.45, 7) is 3.91. The van der Waals surface area contributed by atoms with Crippen molar-refractivity contribution < 1.29 is 14.4 Å². The van der Waals surface area contributed by atoms with E-state index in [2.05, 4.69) is 16.0 Å². The number of thioether (sulfide) groups is 1. The molecule has 3 amide bonds. The second-order valence-electron chi connectivity index (χ2n) is 9.23. The van der Waals surface area contributed by atoms with E-state index in [0.29, 0.717) is 28.3 Å². The second kappa shape index (κ2) is 14.3. The number of anilines is 2. The molecule has 0 saturated carbocycles. The van der Waals surface area contributed by atoms with Crippen LogP contribution in [-0.2, 0) is 9.59 Å². The maximum absolute atomic E-state index is 13.4. The predicted molar refractivity (Wildman–Crippen MR) is 168 cm³/mol. The molecule has 0 fully saturated rings. The molecule has 4 aromatic rings. The molecule has 4 aromatic carbocycles. The van der Waals surface area contributed by atoms with Gasteiger partial charge in [-0.05, 0) is 79.1 Å². The molecule has 0 spiro atoms. The van der Waals surface area contributed by atoms with Crippen LogP contribution in [0, 0.1) is 6.92 Å². The van der Waals surface area contributed by atoms with Gasteiger partial charge >= 0.3 is 0 Å². The number of amides is 3. The first-order chi connectivity index (χ1) is 19.8. The first-order valence-corrected chi connectivity index (χ1v) is 14.4. The van der Waals surface area contributed by atoms with Gasteiger partial charge in [0.05, 0.1) is 5.25 Å². The maximum atomic E-state index is 13.4. The first-order valence-electron chi connectivity index (χ1n) is 13.1. The quantitative estimate of drug-likeness (QED) is 0.133. The summed E-state index contributed by atoms with van der Waals surface area (Å²) < 4.78 is 0. The van der Waals surface area contributed by atoms with Gasteiger partial charge in [0.15, 0.2) is 0 Å². The first kappa shape index (κ1) is 29.6. The molecule has 0 aromatic heterocycles. The lowest BCUT2D eigenvalue weighted by atomic mass is 10.1. The van der Waals surface area contributed by atoms with E-state index in [1.165, 1.54) is 11.8 Å². The van der Waals surface area contributed by atoms with Crippen molar-refractivity contribution in [2.75, 3.05) is 10.6 Å². The summed E-state index contributed by atoms with van der Waals surface area (Å²) in [6, 6.07) is 30.6. The highest BCUT2D eigenvalue weighted by Crippen LogP contribution is 2.29. The zero-order chi connectivity index (χ0) is 29.2. The van der Waals surface area contributed by atoms with Gasteiger partial charge in [0.25, 0.3) is 11.8 Å². The Hall–Kier alpha value is -4.33. The molecule has 6 nitrogen and oxygen atoms in total. The lowest BCUT2D eigenvalue weighted by molar-refractivity contribution is -0.116. The van der Waals surface area contributed by atoms with Crippen LogP contribution >= 0.6 is 23.4 Å². The number of hydrogen-bond donors (Lipinski definition) is 3. The molecule has 0 aliphatic rings. The highest BCUT2D eigenvalue weighted by molar-refractivity contribution is 8.00. The van der Waals surface area contributed by atoms with Gasteiger partial charge < -0.3 is 16.0 Å². The van der Waals surface area contributed by atoms with Crippen LogP contribution in [0.1, 0.15) is 34.8 Å². The van der Waals surface area contributed by atoms with Crippen LogP contribution in [0.15, 0.2) is 114 Å². The number of halogens is 1. The Labute approximate surface area is 249 Å². The Balaban J connectivity index is 1.50. The summed E-state index contributed by atoms with van der Waals surface area (Å²) in [5, 5.41) is 8.80. The zero-order valence-electron chi connectivity index (χ0n) is 22.7. The Bertz CT molecular complexity index is 1570. The molecular formula is C33H30ClN3O3S. The Kier molecular flexibility index (Phi) is 10.4. The summed E-state index contributed by atoms with van der Waals surface area (Å²) >= 11 is 7.56. The molecule has 3 N–H and O–H groups in total. The van der Waals surface area contributed by atoms with Crippen molar-refractivity contribution in [3.8, 4) is 0 Å². The number of hydrogen-bond acceptors (Lipinski definition) is 4. The van der Waals surface area contributed by atoms with E-state index in [0.717, 1.165) is 16.1 Å². The normalized spacial score (nSPS) is 11.8. The van der Waals surface area contributed by atoms with Gasteiger partial charge in [-0.15, -0.1) is 11.8 Å². The minimum atomic E-state index is -0.499. The average molecular weight is 584 g/mol. The van der Waals surface area contributed by atoms with Gasteiger partial charge in [-0.1, -0.05) is 73.1 Å². The molecule has 1 unspecified atom stereocenters. The number of carbonyl (C=O) groups excluding carboxylic acids is 3. The van der Waals surface area contributed by atoms with Crippen LogP contribution in [0.4, 0.5) is 11.4 Å². The van der Waals surface area contributed by atoms with Crippen LogP contribution in [0.25, 0.3) is 6.08 Å². The summed E-state index contributed by atoms with van der Waals surface area (Å²) in [4.78, 5) is 40.1. The van der Waals surface area contributed by atoms with Crippen molar-refractivity contribution in [1.82, 2.24) is 5.32 Å². The van der Waals surface area contributed by atoms with Crippen LogP contribution in [0.2, 0.25) is 5.02 Å². The lowest BCUT2D eigenvalue weighted by Crippen LogP contribution is -2.30. The smallest absolute Gasteiger partial charge is 0.272 e. The van der Waals surface area contributed by atoms with Gasteiger partial charge in [0.1, 0.15) is 5.70 Å². The summed E-state index contributed by atoms with van der Waals surface area (Å²) in [5.74, 6) is -0.999. The second-order valence-corrected chi connectivity index (χ2v) is 10.9. The summed E-state index contributed by atoms with van der Waals surface area (Å²) in [7, 11) is 0. The molecule has 0 aliphatic carbocycles. The molecule has 41 heavy (non-hydrogen) atoms. The van der Waals surface area contributed by atoms with Gasteiger partial charge in [-0.25, -0.2) is 0 Å². The molecule has 0 heterocycles. The van der Waals surface area contributed by atoms with Gasteiger partial charge in [0.2, 0.25) is 5.91 Å². The van der Waals surface area contributed by atoms with E-state index in [4.69, 9.17) is 11.6 Å². The molecule has 208 valence electrons. The average Bonchev–Trinajstić information content (AvgIpc) is 2.97. The van der Waals surface area contributed by atoms with Crippen molar-refractivity contribution >= 4 is 58.5 Å². The van der Waals surface area contributed by atoms with Crippen molar-refractivity contribution in [3.63, 3.8) is 0 Å². The molecular weight excluding hydrogens is 554 g/mol. The van der Waals surface area contributed by atoms with E-state index in [1.807, 2.05) is 62.4 Å². The van der Waals surface area contributed by atoms with E-state index in [1.54, 1.807) is 60.7 Å². The third-order valence-electron chi connectivity index (χ3n) is 6.12. The largest absolute Gasteiger partial charge is 0.325 e. The zero-order valence-corrected chi connectivity index (χ0v) is 24.3. The monoisotopic (exact) mass is 583 g/mol. The molecule has 0 bridgehead atoms. The maximum Gasteiger partial charge on any atom is 0.272 e. The third-order valence-corrected chi connectivity index (χ3v) is 7.72. The Morgan fingerprint density at radius 1 is 0.854 bits per heavy atom. The summed E-state index contributed by atoms with van der Waals surface area (Å²) in [6.07, 6.45) is 2.20. The minimum absolute atomic E-state index is 0.0585. The van der Waals surface area contributed by atoms with Gasteiger partial charge in [0, 0.05) is 26.9 Å². The number of para-hydroxylation sites is 1. The van der Waals surface area contributed by atoms with E-state index in [-0.39, 0.29) is 16.9 Å². The number of rotatable bonds is 10. The van der Waals surface area contributed by atoms with Crippen LogP contribution in [0.5, 0.6) is 0 Å². The minimum Gasteiger partial charge on any atom is -0.325 e. The van der Waals surface area contributed by atoms with Gasteiger partial charge in [-0.3, -0.25) is 14.4 Å². The van der Waals surface area contributed by atoms with E-state index >= 15 is 0 Å². The predicted octanol–water partition coefficient (Wildman–Crippen LogP) is 7.57. The topological polar surface area (TPSA) is 87.3 Å². The highest BCUT2D eigenvalue weighted by atomic mass is 35.5. The van der Waals surface area contributed by atoms with Crippen molar-refractivity contribution in [2.45, 2.75) is 30.4 Å². The number of benzene rings is 4. The molecule has 0 aliphatic heterocycles. The highest BCUT2D eigenvalue weighted by Gasteiger charge is 2.20. The number of aryl methyl sites for hydroxylation is 1. The fourth-order valence-electron chi connectivity index (χ4n) is 3.96. The van der Waals surface area contributed by atoms with Gasteiger partial charge in [-0.2, -0.15) is 0 Å².